The molecule has 2 heterocycles. The Morgan fingerprint density at radius 1 is 1.24 bits per heavy atom. The van der Waals surface area contributed by atoms with Crippen LogP contribution in [-0.4, -0.2) is 47.3 Å². The van der Waals surface area contributed by atoms with Crippen LogP contribution in [0.4, 0.5) is 5.69 Å². The Morgan fingerprint density at radius 2 is 2.00 bits per heavy atom. The van der Waals surface area contributed by atoms with E-state index in [1.165, 1.54) is 5.52 Å². The number of hydrogen-bond acceptors (Lipinski definition) is 4. The molecule has 1 aliphatic rings. The lowest BCUT2D eigenvalue weighted by molar-refractivity contribution is 0.0364. The number of nitrogens with zero attached hydrogens (tertiary/aromatic N) is 3. The molecule has 0 unspecified atom stereocenters. The SMILES string of the molecule is CC(C)c1nc2cc(N)ccc2n1CCN1CCOCC1. The van der Waals surface area contributed by atoms with Crippen LogP contribution in [0.25, 0.3) is 11.0 Å². The van der Waals surface area contributed by atoms with Crippen molar-refractivity contribution in [2.24, 2.45) is 0 Å². The molecule has 3 rings (SSSR count). The van der Waals surface area contributed by atoms with Gasteiger partial charge in [0.25, 0.3) is 0 Å². The van der Waals surface area contributed by atoms with Crippen LogP contribution in [0.5, 0.6) is 0 Å². The van der Waals surface area contributed by atoms with Gasteiger partial charge in [-0.05, 0) is 18.2 Å². The lowest BCUT2D eigenvalue weighted by atomic mass is 10.2. The van der Waals surface area contributed by atoms with Gasteiger partial charge in [-0.2, -0.15) is 0 Å². The van der Waals surface area contributed by atoms with E-state index in [4.69, 9.17) is 15.5 Å². The van der Waals surface area contributed by atoms with Crippen LogP contribution in [0, 0.1) is 0 Å². The predicted octanol–water partition coefficient (Wildman–Crippen LogP) is 2.07. The van der Waals surface area contributed by atoms with E-state index in [-0.39, 0.29) is 0 Å². The van der Waals surface area contributed by atoms with Crippen molar-refractivity contribution >= 4 is 16.7 Å². The maximum Gasteiger partial charge on any atom is 0.112 e. The molecule has 1 aromatic carbocycles. The molecule has 5 nitrogen and oxygen atoms in total. The topological polar surface area (TPSA) is 56.3 Å². The van der Waals surface area contributed by atoms with Crippen molar-refractivity contribution in [3.63, 3.8) is 0 Å². The standard InChI is InChI=1S/C16H24N4O/c1-12(2)16-18-14-11-13(17)3-4-15(14)20(16)6-5-19-7-9-21-10-8-19/h3-4,11-12H,5-10,17H2,1-2H3. The molecule has 114 valence electrons. The summed E-state index contributed by atoms with van der Waals surface area (Å²) in [7, 11) is 0. The minimum Gasteiger partial charge on any atom is -0.399 e. The molecule has 0 spiro atoms. The van der Waals surface area contributed by atoms with Crippen LogP contribution >= 0.6 is 0 Å². The molecule has 1 aliphatic heterocycles. The first-order valence-electron chi connectivity index (χ1n) is 7.71. The third-order valence-electron chi connectivity index (χ3n) is 4.06. The molecule has 0 aliphatic carbocycles. The smallest absolute Gasteiger partial charge is 0.112 e. The second-order valence-corrected chi connectivity index (χ2v) is 5.98. The van der Waals surface area contributed by atoms with Crippen molar-refractivity contribution in [1.82, 2.24) is 14.5 Å². The first kappa shape index (κ1) is 14.4. The lowest BCUT2D eigenvalue weighted by Gasteiger charge is -2.27. The summed E-state index contributed by atoms with van der Waals surface area (Å²) in [4.78, 5) is 7.23. The Balaban J connectivity index is 1.86. The zero-order chi connectivity index (χ0) is 14.8. The number of hydrogen-bond donors (Lipinski definition) is 1. The van der Waals surface area contributed by atoms with Crippen molar-refractivity contribution in [2.45, 2.75) is 26.3 Å². The van der Waals surface area contributed by atoms with E-state index < -0.39 is 0 Å². The third-order valence-corrected chi connectivity index (χ3v) is 4.06. The summed E-state index contributed by atoms with van der Waals surface area (Å²) in [6.07, 6.45) is 0. The van der Waals surface area contributed by atoms with Crippen molar-refractivity contribution < 1.29 is 4.74 Å². The van der Waals surface area contributed by atoms with E-state index >= 15 is 0 Å². The zero-order valence-electron chi connectivity index (χ0n) is 12.9. The van der Waals surface area contributed by atoms with E-state index in [9.17, 15) is 0 Å². The molecule has 0 atom stereocenters. The molecule has 1 saturated heterocycles. The maximum absolute atomic E-state index is 5.88. The van der Waals surface area contributed by atoms with Gasteiger partial charge in [-0.1, -0.05) is 13.8 Å². The van der Waals surface area contributed by atoms with Crippen LogP contribution < -0.4 is 5.73 Å². The molecular weight excluding hydrogens is 264 g/mol. The van der Waals surface area contributed by atoms with Gasteiger partial charge in [0.05, 0.1) is 24.2 Å². The largest absolute Gasteiger partial charge is 0.399 e. The van der Waals surface area contributed by atoms with Crippen molar-refractivity contribution in [1.29, 1.82) is 0 Å². The fourth-order valence-electron chi connectivity index (χ4n) is 2.91. The molecular formula is C16H24N4O. The quantitative estimate of drug-likeness (QED) is 0.875. The van der Waals surface area contributed by atoms with Gasteiger partial charge in [-0.25, -0.2) is 4.98 Å². The summed E-state index contributed by atoms with van der Waals surface area (Å²) in [6, 6.07) is 6.01. The number of benzene rings is 1. The first-order chi connectivity index (χ1) is 10.1. The van der Waals surface area contributed by atoms with Gasteiger partial charge in [-0.15, -0.1) is 0 Å². The van der Waals surface area contributed by atoms with Crippen LogP contribution in [0.2, 0.25) is 0 Å². The summed E-state index contributed by atoms with van der Waals surface area (Å²) < 4.78 is 7.75. The molecule has 0 bridgehead atoms. The molecule has 0 radical (unpaired) electrons. The number of anilines is 1. The van der Waals surface area contributed by atoms with Gasteiger partial charge in [0, 0.05) is 37.8 Å². The van der Waals surface area contributed by atoms with E-state index in [1.807, 2.05) is 12.1 Å². The van der Waals surface area contributed by atoms with E-state index in [2.05, 4.69) is 29.4 Å². The number of fused-ring (bicyclic) bond motifs is 1. The summed E-state index contributed by atoms with van der Waals surface area (Å²) in [5.74, 6) is 1.55. The fourth-order valence-corrected chi connectivity index (χ4v) is 2.91. The Hall–Kier alpha value is -1.59. The van der Waals surface area contributed by atoms with E-state index in [0.29, 0.717) is 5.92 Å². The van der Waals surface area contributed by atoms with Gasteiger partial charge in [0.2, 0.25) is 0 Å². The molecule has 1 aromatic heterocycles. The Labute approximate surface area is 125 Å². The number of nitrogens with two attached hydrogens (primary N) is 1. The highest BCUT2D eigenvalue weighted by Crippen LogP contribution is 2.23. The second-order valence-electron chi connectivity index (χ2n) is 5.98. The molecule has 1 fully saturated rings. The third kappa shape index (κ3) is 3.04. The highest BCUT2D eigenvalue weighted by molar-refractivity contribution is 5.79. The average molecular weight is 288 g/mol. The Bertz CT molecular complexity index is 614. The summed E-state index contributed by atoms with van der Waals surface area (Å²) in [6.45, 7) is 10.1. The minimum absolute atomic E-state index is 0.406. The van der Waals surface area contributed by atoms with E-state index in [0.717, 1.165) is 56.4 Å². The summed E-state index contributed by atoms with van der Waals surface area (Å²) >= 11 is 0. The van der Waals surface area contributed by atoms with Gasteiger partial charge in [-0.3, -0.25) is 4.90 Å². The number of ether oxygens (including phenoxy) is 1. The number of imidazole rings is 1. The van der Waals surface area contributed by atoms with Gasteiger partial charge in [0.15, 0.2) is 0 Å². The molecule has 5 heteroatoms. The lowest BCUT2D eigenvalue weighted by Crippen LogP contribution is -2.38. The maximum atomic E-state index is 5.88. The molecule has 2 N–H and O–H groups in total. The molecule has 0 amide bonds. The zero-order valence-corrected chi connectivity index (χ0v) is 12.9. The highest BCUT2D eigenvalue weighted by Gasteiger charge is 2.16. The van der Waals surface area contributed by atoms with Gasteiger partial charge >= 0.3 is 0 Å². The van der Waals surface area contributed by atoms with Gasteiger partial charge in [0.1, 0.15) is 5.82 Å². The van der Waals surface area contributed by atoms with Gasteiger partial charge < -0.3 is 15.0 Å². The van der Waals surface area contributed by atoms with Crippen molar-refractivity contribution in [3.8, 4) is 0 Å². The van der Waals surface area contributed by atoms with Crippen LogP contribution in [0.1, 0.15) is 25.6 Å². The number of morpholine rings is 1. The summed E-state index contributed by atoms with van der Waals surface area (Å²) in [5, 5.41) is 0. The first-order valence-corrected chi connectivity index (χ1v) is 7.71. The average Bonchev–Trinajstić information content (AvgIpc) is 2.84. The van der Waals surface area contributed by atoms with Crippen molar-refractivity contribution in [2.75, 3.05) is 38.6 Å². The second kappa shape index (κ2) is 6.03. The number of aromatic nitrogens is 2. The highest BCUT2D eigenvalue weighted by atomic mass is 16.5. The minimum atomic E-state index is 0.406. The van der Waals surface area contributed by atoms with Crippen molar-refractivity contribution in [3.05, 3.63) is 24.0 Å². The Morgan fingerprint density at radius 3 is 2.71 bits per heavy atom. The molecule has 0 saturated carbocycles. The molecule has 2 aromatic rings. The fraction of sp³-hybridized carbons (Fsp3) is 0.562. The normalized spacial score (nSPS) is 16.9. The monoisotopic (exact) mass is 288 g/mol. The Kier molecular flexibility index (Phi) is 4.12. The van der Waals surface area contributed by atoms with Crippen LogP contribution in [-0.2, 0) is 11.3 Å². The van der Waals surface area contributed by atoms with E-state index in [1.54, 1.807) is 0 Å². The van der Waals surface area contributed by atoms with Crippen LogP contribution in [0.3, 0.4) is 0 Å². The number of rotatable bonds is 4. The van der Waals surface area contributed by atoms with Crippen LogP contribution in [0.15, 0.2) is 18.2 Å². The number of nitrogen functional groups attached to an aromatic ring is 1. The predicted molar refractivity (Wildman–Crippen MR) is 85.5 cm³/mol. The summed E-state index contributed by atoms with van der Waals surface area (Å²) in [5.41, 5.74) is 8.83. The molecule has 21 heavy (non-hydrogen) atoms.